The third-order valence-corrected chi connectivity index (χ3v) is 9.79. The fourth-order valence-electron chi connectivity index (χ4n) is 9.98. The summed E-state index contributed by atoms with van der Waals surface area (Å²) in [6, 6.07) is 0. The summed E-state index contributed by atoms with van der Waals surface area (Å²) in [5.41, 5.74) is 15.3. The largest absolute Gasteiger partial charge is 0.125 e. The van der Waals surface area contributed by atoms with Crippen molar-refractivity contribution >= 4 is 0 Å². The first-order valence-electron chi connectivity index (χ1n) is 10.1. The zero-order valence-corrected chi connectivity index (χ0v) is 14.6. The van der Waals surface area contributed by atoms with Gasteiger partial charge in [0.25, 0.3) is 0 Å². The fourth-order valence-corrected chi connectivity index (χ4v) is 9.98. The van der Waals surface area contributed by atoms with Gasteiger partial charge in [0.1, 0.15) is 0 Å². The number of hydrogen-bond acceptors (Lipinski definition) is 0. The Kier molecular flexibility index (Phi) is 1.62. The first-order chi connectivity index (χ1) is 11.2. The van der Waals surface area contributed by atoms with Gasteiger partial charge in [-0.3, -0.25) is 0 Å². The van der Waals surface area contributed by atoms with Crippen molar-refractivity contribution in [2.24, 2.45) is 45.3 Å². The Morgan fingerprint density at radius 2 is 1.87 bits per heavy atom. The van der Waals surface area contributed by atoms with E-state index in [1.165, 1.54) is 38.5 Å². The van der Waals surface area contributed by atoms with Crippen LogP contribution in [0.2, 0.25) is 0 Å². The Morgan fingerprint density at radius 3 is 2.65 bits per heavy atom. The lowest BCUT2D eigenvalue weighted by atomic mass is 9.35. The van der Waals surface area contributed by atoms with Crippen LogP contribution in [0.25, 0.3) is 0 Å². The molecular weight excluding hydrogens is 276 g/mol. The molecule has 0 saturated heterocycles. The maximum atomic E-state index is 3.89. The van der Waals surface area contributed by atoms with Crippen molar-refractivity contribution < 1.29 is 0 Å². The highest BCUT2D eigenvalue weighted by molar-refractivity contribution is 5.80. The summed E-state index contributed by atoms with van der Waals surface area (Å²) in [6.45, 7) is 7.33. The molecule has 2 bridgehead atoms. The molecule has 0 aromatic rings. The minimum atomic E-state index is 0.610. The molecule has 8 aliphatic rings. The summed E-state index contributed by atoms with van der Waals surface area (Å²) >= 11 is 0. The molecule has 23 heavy (non-hydrogen) atoms. The molecule has 0 heterocycles. The molecule has 0 heteroatoms. The lowest BCUT2D eigenvalue weighted by Crippen LogP contribution is -2.64. The quantitative estimate of drug-likeness (QED) is 0.480. The van der Waals surface area contributed by atoms with Crippen LogP contribution < -0.4 is 0 Å². The molecule has 4 spiro atoms. The second-order valence-electron chi connectivity index (χ2n) is 9.76. The average Bonchev–Trinajstić information content (AvgIpc) is 3.35. The second kappa shape index (κ2) is 3.00. The average molecular weight is 302 g/mol. The molecule has 8 rings (SSSR count). The van der Waals surface area contributed by atoms with Gasteiger partial charge in [-0.2, -0.15) is 0 Å². The fraction of sp³-hybridized carbons (Fsp3) is 0.739. The first kappa shape index (κ1) is 12.4. The Bertz CT molecular complexity index is 843. The minimum absolute atomic E-state index is 0.610. The van der Waals surface area contributed by atoms with Gasteiger partial charge in [-0.1, -0.05) is 33.1 Å². The monoisotopic (exact) mass is 302 g/mol. The molecular formula is C23H26. The molecule has 6 saturated carbocycles. The van der Waals surface area contributed by atoms with E-state index in [9.17, 15) is 0 Å². The molecule has 0 aliphatic heterocycles. The SMILES string of the molecule is CCCCCC1C23C4CC4=C=C[C@H](C)C24C12C1CC1=C=C(C)C324. The van der Waals surface area contributed by atoms with E-state index < -0.39 is 0 Å². The van der Waals surface area contributed by atoms with Crippen molar-refractivity contribution in [3.8, 4) is 0 Å². The molecule has 0 nitrogen and oxygen atoms in total. The molecule has 7 unspecified atom stereocenters. The predicted octanol–water partition coefficient (Wildman–Crippen LogP) is 5.43. The van der Waals surface area contributed by atoms with Gasteiger partial charge < -0.3 is 0 Å². The van der Waals surface area contributed by atoms with E-state index >= 15 is 0 Å². The molecule has 0 aromatic carbocycles. The van der Waals surface area contributed by atoms with E-state index in [1.54, 1.807) is 16.7 Å². The van der Waals surface area contributed by atoms with Crippen LogP contribution >= 0.6 is 0 Å². The lowest BCUT2D eigenvalue weighted by Gasteiger charge is -2.66. The molecule has 6 fully saturated rings. The van der Waals surface area contributed by atoms with Gasteiger partial charge in [0, 0.05) is 21.7 Å². The molecule has 8 aliphatic carbocycles. The third-order valence-electron chi connectivity index (χ3n) is 9.79. The van der Waals surface area contributed by atoms with Gasteiger partial charge in [0.15, 0.2) is 0 Å². The van der Waals surface area contributed by atoms with Crippen LogP contribution in [0.1, 0.15) is 59.3 Å². The van der Waals surface area contributed by atoms with E-state index in [0.29, 0.717) is 21.7 Å². The number of fused-ring (bicyclic) bond motifs is 2. The molecule has 0 amide bonds. The second-order valence-corrected chi connectivity index (χ2v) is 9.76. The Balaban J connectivity index is 1.41. The number of hydrogen-bond donors (Lipinski definition) is 0. The van der Waals surface area contributed by atoms with Crippen LogP contribution in [0.3, 0.4) is 0 Å². The van der Waals surface area contributed by atoms with E-state index in [4.69, 9.17) is 0 Å². The maximum absolute atomic E-state index is 3.89. The molecule has 0 aromatic heterocycles. The highest BCUT2D eigenvalue weighted by Gasteiger charge is 3.26. The van der Waals surface area contributed by atoms with Crippen molar-refractivity contribution in [3.05, 3.63) is 34.3 Å². The van der Waals surface area contributed by atoms with Crippen LogP contribution in [-0.2, 0) is 0 Å². The van der Waals surface area contributed by atoms with Gasteiger partial charge in [0.2, 0.25) is 0 Å². The summed E-state index contributed by atoms with van der Waals surface area (Å²) in [7, 11) is 0. The third kappa shape index (κ3) is 0.733. The number of rotatable bonds is 4. The Hall–Kier alpha value is -0.960. The molecule has 0 radical (unpaired) electrons. The molecule has 0 N–H and O–H groups in total. The maximum Gasteiger partial charge on any atom is 0.0202 e. The normalized spacial score (nSPS) is 62.8. The van der Waals surface area contributed by atoms with Crippen LogP contribution in [-0.4, -0.2) is 0 Å². The van der Waals surface area contributed by atoms with E-state index in [1.807, 2.05) is 0 Å². The van der Waals surface area contributed by atoms with E-state index in [-0.39, 0.29) is 0 Å². The van der Waals surface area contributed by atoms with Crippen molar-refractivity contribution in [2.45, 2.75) is 59.3 Å². The standard InChI is InChI=1S/C23H26/c1-4-5-6-7-19-20-17-11-15(17)9-8-13(2)22(20)21(19)18-12-16(18)10-14(3)23(20,21)22/h8,13,17-19H,4-7,11-12H2,1-3H3/t13-,17?,18?,19?,20?,21?,22?,23?/m0/s1. The van der Waals surface area contributed by atoms with Crippen molar-refractivity contribution in [2.75, 3.05) is 0 Å². The zero-order chi connectivity index (χ0) is 15.4. The predicted molar refractivity (Wildman–Crippen MR) is 90.6 cm³/mol. The first-order valence-corrected chi connectivity index (χ1v) is 10.1. The van der Waals surface area contributed by atoms with Crippen LogP contribution in [0.4, 0.5) is 0 Å². The topological polar surface area (TPSA) is 0 Å². The number of unbranched alkanes of at least 4 members (excludes halogenated alkanes) is 2. The Labute approximate surface area is 139 Å². The van der Waals surface area contributed by atoms with Gasteiger partial charge in [-0.05, 0) is 72.7 Å². The van der Waals surface area contributed by atoms with Gasteiger partial charge in [-0.15, -0.1) is 11.5 Å². The summed E-state index contributed by atoms with van der Waals surface area (Å²) in [5.74, 6) is 3.64. The van der Waals surface area contributed by atoms with Crippen LogP contribution in [0, 0.1) is 45.3 Å². The van der Waals surface area contributed by atoms with Crippen molar-refractivity contribution in [1.82, 2.24) is 0 Å². The van der Waals surface area contributed by atoms with Crippen molar-refractivity contribution in [3.63, 3.8) is 0 Å². The summed E-state index contributed by atoms with van der Waals surface area (Å²) in [6.07, 6.45) is 11.0. The zero-order valence-electron chi connectivity index (χ0n) is 14.6. The van der Waals surface area contributed by atoms with Crippen LogP contribution in [0.5, 0.6) is 0 Å². The van der Waals surface area contributed by atoms with Gasteiger partial charge in [-0.25, -0.2) is 0 Å². The summed E-state index contributed by atoms with van der Waals surface area (Å²) in [5, 5.41) is 0. The Morgan fingerprint density at radius 1 is 1.13 bits per heavy atom. The molecule has 8 atom stereocenters. The summed E-state index contributed by atoms with van der Waals surface area (Å²) < 4.78 is 0. The lowest BCUT2D eigenvalue weighted by molar-refractivity contribution is -0.195. The van der Waals surface area contributed by atoms with Gasteiger partial charge >= 0.3 is 0 Å². The number of allylic oxidation sites excluding steroid dienone is 2. The molecule has 118 valence electrons. The van der Waals surface area contributed by atoms with Crippen LogP contribution in [0.15, 0.2) is 34.3 Å². The van der Waals surface area contributed by atoms with E-state index in [2.05, 4.69) is 38.3 Å². The smallest absolute Gasteiger partial charge is 0.0202 e. The highest BCUT2D eigenvalue weighted by atomic mass is 15.3. The highest BCUT2D eigenvalue weighted by Crippen LogP contribution is 3.28. The van der Waals surface area contributed by atoms with E-state index in [0.717, 1.165) is 23.7 Å². The summed E-state index contributed by atoms with van der Waals surface area (Å²) in [4.78, 5) is 0. The van der Waals surface area contributed by atoms with Gasteiger partial charge in [0.05, 0.1) is 0 Å². The minimum Gasteiger partial charge on any atom is -0.125 e. The van der Waals surface area contributed by atoms with Crippen molar-refractivity contribution in [1.29, 1.82) is 0 Å².